The van der Waals surface area contributed by atoms with Crippen LogP contribution in [0.3, 0.4) is 0 Å². The van der Waals surface area contributed by atoms with Crippen molar-refractivity contribution in [1.29, 1.82) is 0 Å². The van der Waals surface area contributed by atoms with Crippen molar-refractivity contribution >= 4 is 80.9 Å². The Morgan fingerprint density at radius 3 is 1.48 bits per heavy atom. The molecule has 4 aromatic rings. The van der Waals surface area contributed by atoms with Gasteiger partial charge < -0.3 is 22.3 Å². The molecule has 0 unspecified atom stereocenters. The lowest BCUT2D eigenvalue weighted by atomic mass is 10.1. The highest BCUT2D eigenvalue weighted by molar-refractivity contribution is 7.86. The first-order chi connectivity index (χ1) is 19.4. The first kappa shape index (κ1) is 30.2. The molecule has 42 heavy (non-hydrogen) atoms. The molecular formula is C22H19N7O10S3. The Balaban J connectivity index is 1.94. The summed E-state index contributed by atoms with van der Waals surface area (Å²) in [5, 5.41) is 25.5. The number of benzene rings is 4. The first-order valence-electron chi connectivity index (χ1n) is 11.0. The van der Waals surface area contributed by atoms with Crippen LogP contribution in [0.2, 0.25) is 0 Å². The number of phenols is 1. The van der Waals surface area contributed by atoms with Crippen LogP contribution >= 0.6 is 0 Å². The molecule has 20 heteroatoms. The highest BCUT2D eigenvalue weighted by Gasteiger charge is 2.24. The van der Waals surface area contributed by atoms with Gasteiger partial charge in [-0.25, -0.2) is 0 Å². The van der Waals surface area contributed by atoms with Crippen LogP contribution in [-0.4, -0.2) is 44.0 Å². The third-order valence-corrected chi connectivity index (χ3v) is 8.23. The zero-order valence-corrected chi connectivity index (χ0v) is 23.1. The molecular weight excluding hydrogens is 618 g/mol. The summed E-state index contributed by atoms with van der Waals surface area (Å²) in [7, 11) is -14.6. The summed E-state index contributed by atoms with van der Waals surface area (Å²) in [5.74, 6) is -0.702. The number of anilines is 3. The van der Waals surface area contributed by atoms with Crippen LogP contribution in [0.15, 0.2) is 89.7 Å². The third-order valence-electron chi connectivity index (χ3n) is 5.56. The van der Waals surface area contributed by atoms with E-state index in [1.807, 2.05) is 0 Å². The number of nitrogens with zero attached hydrogens (tertiary/aromatic N) is 4. The van der Waals surface area contributed by atoms with Crippen molar-refractivity contribution in [1.82, 2.24) is 0 Å². The van der Waals surface area contributed by atoms with E-state index in [0.29, 0.717) is 0 Å². The van der Waals surface area contributed by atoms with Gasteiger partial charge in [-0.15, -0.1) is 20.5 Å². The van der Waals surface area contributed by atoms with Crippen LogP contribution < -0.4 is 17.2 Å². The summed E-state index contributed by atoms with van der Waals surface area (Å²) in [5.41, 5.74) is 15.0. The molecule has 0 bridgehead atoms. The van der Waals surface area contributed by atoms with Crippen LogP contribution in [0.4, 0.5) is 39.8 Å². The molecule has 0 saturated heterocycles. The Morgan fingerprint density at radius 1 is 0.548 bits per heavy atom. The molecule has 0 saturated carbocycles. The molecule has 17 nitrogen and oxygen atoms in total. The van der Waals surface area contributed by atoms with E-state index in [2.05, 4.69) is 20.5 Å². The van der Waals surface area contributed by atoms with Crippen molar-refractivity contribution in [2.75, 3.05) is 17.2 Å². The van der Waals surface area contributed by atoms with Gasteiger partial charge in [0.25, 0.3) is 30.4 Å². The van der Waals surface area contributed by atoms with Crippen LogP contribution in [0.25, 0.3) is 10.8 Å². The van der Waals surface area contributed by atoms with Crippen molar-refractivity contribution in [3.63, 3.8) is 0 Å². The highest BCUT2D eigenvalue weighted by Crippen LogP contribution is 2.46. The van der Waals surface area contributed by atoms with Gasteiger partial charge in [0.1, 0.15) is 37.4 Å². The Bertz CT molecular complexity index is 2170. The highest BCUT2D eigenvalue weighted by atomic mass is 32.2. The summed E-state index contributed by atoms with van der Waals surface area (Å²) in [6.45, 7) is 0. The van der Waals surface area contributed by atoms with Gasteiger partial charge in [0.2, 0.25) is 0 Å². The second kappa shape index (κ2) is 10.6. The molecule has 0 aromatic heterocycles. The Kier molecular flexibility index (Phi) is 7.62. The lowest BCUT2D eigenvalue weighted by molar-refractivity contribution is 0.480. The number of nitrogens with two attached hydrogens (primary N) is 3. The number of phenolic OH excluding ortho intramolecular Hbond substituents is 1. The van der Waals surface area contributed by atoms with Gasteiger partial charge in [0.15, 0.2) is 5.75 Å². The van der Waals surface area contributed by atoms with Gasteiger partial charge in [-0.1, -0.05) is 6.07 Å². The van der Waals surface area contributed by atoms with Crippen molar-refractivity contribution in [2.24, 2.45) is 20.5 Å². The van der Waals surface area contributed by atoms with Crippen LogP contribution in [0.5, 0.6) is 5.75 Å². The minimum absolute atomic E-state index is 0.00260. The maximum Gasteiger partial charge on any atom is 0.296 e. The van der Waals surface area contributed by atoms with E-state index in [4.69, 9.17) is 17.2 Å². The van der Waals surface area contributed by atoms with Crippen LogP contribution in [-0.2, 0) is 30.4 Å². The van der Waals surface area contributed by atoms with E-state index in [1.165, 1.54) is 12.1 Å². The minimum Gasteiger partial charge on any atom is -0.505 e. The molecule has 220 valence electrons. The summed E-state index contributed by atoms with van der Waals surface area (Å²) >= 11 is 0. The number of fused-ring (bicyclic) bond motifs is 1. The summed E-state index contributed by atoms with van der Waals surface area (Å²) < 4.78 is 99.9. The molecule has 10 N–H and O–H groups in total. The van der Waals surface area contributed by atoms with E-state index in [1.54, 1.807) is 0 Å². The predicted octanol–water partition coefficient (Wildman–Crippen LogP) is 3.86. The first-order valence-corrected chi connectivity index (χ1v) is 15.3. The van der Waals surface area contributed by atoms with Crippen molar-refractivity contribution in [3.8, 4) is 5.75 Å². The lowest BCUT2D eigenvalue weighted by Gasteiger charge is -2.12. The van der Waals surface area contributed by atoms with Crippen LogP contribution in [0.1, 0.15) is 0 Å². The lowest BCUT2D eigenvalue weighted by Crippen LogP contribution is -2.02. The van der Waals surface area contributed by atoms with E-state index < -0.39 is 67.9 Å². The van der Waals surface area contributed by atoms with Gasteiger partial charge >= 0.3 is 0 Å². The van der Waals surface area contributed by atoms with Gasteiger partial charge in [-0.2, -0.15) is 25.3 Å². The zero-order chi connectivity index (χ0) is 31.2. The fraction of sp³-hybridized carbons (Fsp3) is 0. The Hall–Kier alpha value is -4.73. The largest absolute Gasteiger partial charge is 0.505 e. The second-order valence-electron chi connectivity index (χ2n) is 8.45. The smallest absolute Gasteiger partial charge is 0.296 e. The number of rotatable bonds is 7. The number of nitrogen functional groups attached to an aromatic ring is 3. The summed E-state index contributed by atoms with van der Waals surface area (Å²) in [6.07, 6.45) is 0. The molecule has 4 aromatic carbocycles. The van der Waals surface area contributed by atoms with Gasteiger partial charge in [0.05, 0.1) is 11.1 Å². The predicted molar refractivity (Wildman–Crippen MR) is 150 cm³/mol. The monoisotopic (exact) mass is 637 g/mol. The standard InChI is InChI=1S/C22H19N7O10S3/c23-11-2-5-16(40(31,32)33)14(8-11)27-26-13-4-1-10-7-18(42(37,38)39)21(20(25)19(10)22(13)30)29-28-15-9-12(24)3-6-17(15)41(34,35)36/h1-9,30H,23-25H2,(H,31,32,33)(H,34,35,36)(H,37,38,39). The van der Waals surface area contributed by atoms with E-state index in [-0.39, 0.29) is 33.5 Å². The van der Waals surface area contributed by atoms with Crippen LogP contribution in [0, 0.1) is 0 Å². The fourth-order valence-electron chi connectivity index (χ4n) is 3.71. The maximum absolute atomic E-state index is 12.2. The number of azo groups is 2. The second-order valence-corrected chi connectivity index (χ2v) is 12.6. The molecule has 0 aliphatic carbocycles. The van der Waals surface area contributed by atoms with Crippen molar-refractivity contribution in [3.05, 3.63) is 54.6 Å². The van der Waals surface area contributed by atoms with E-state index >= 15 is 0 Å². The summed E-state index contributed by atoms with van der Waals surface area (Å²) in [6, 6.07) is 9.61. The SMILES string of the molecule is Nc1ccc(S(=O)(=O)O)c(N=Nc2ccc3cc(S(=O)(=O)O)c(N=Nc4cc(N)ccc4S(=O)(=O)O)c(N)c3c2O)c1. The van der Waals surface area contributed by atoms with Gasteiger partial charge in [-0.3, -0.25) is 13.7 Å². The van der Waals surface area contributed by atoms with E-state index in [0.717, 1.165) is 42.5 Å². The molecule has 0 radical (unpaired) electrons. The molecule has 0 fully saturated rings. The van der Waals surface area contributed by atoms with E-state index in [9.17, 15) is 44.0 Å². The number of hydrogen-bond donors (Lipinski definition) is 7. The molecule has 0 heterocycles. The average Bonchev–Trinajstić information content (AvgIpc) is 2.85. The van der Waals surface area contributed by atoms with Crippen molar-refractivity contribution in [2.45, 2.75) is 14.7 Å². The number of hydrogen-bond acceptors (Lipinski definition) is 14. The quantitative estimate of drug-likeness (QED) is 0.0860. The topological polar surface area (TPSA) is 311 Å². The molecule has 0 aliphatic rings. The Morgan fingerprint density at radius 2 is 1.00 bits per heavy atom. The van der Waals surface area contributed by atoms with Gasteiger partial charge in [0, 0.05) is 11.4 Å². The maximum atomic E-state index is 12.2. The minimum atomic E-state index is -5.03. The zero-order valence-electron chi connectivity index (χ0n) is 20.7. The molecule has 0 atom stereocenters. The molecule has 4 rings (SSSR count). The number of aromatic hydroxyl groups is 1. The average molecular weight is 638 g/mol. The molecule has 0 aliphatic heterocycles. The Labute approximate surface area is 237 Å². The summed E-state index contributed by atoms with van der Waals surface area (Å²) in [4.78, 5) is -2.24. The fourth-order valence-corrected chi connectivity index (χ4v) is 5.59. The third kappa shape index (κ3) is 6.12. The molecule has 0 amide bonds. The normalized spacial score (nSPS) is 12.9. The van der Waals surface area contributed by atoms with Gasteiger partial charge in [-0.05, 0) is 53.9 Å². The van der Waals surface area contributed by atoms with Crippen molar-refractivity contribution < 1.29 is 44.0 Å². The molecule has 0 spiro atoms.